The van der Waals surface area contributed by atoms with Crippen molar-refractivity contribution in [3.8, 4) is 0 Å². The maximum Gasteiger partial charge on any atom is 0.353 e. The van der Waals surface area contributed by atoms with Gasteiger partial charge in [-0.15, -0.1) is 0 Å². The van der Waals surface area contributed by atoms with E-state index in [0.717, 1.165) is 12.2 Å². The maximum absolute atomic E-state index is 12.5. The van der Waals surface area contributed by atoms with Crippen LogP contribution in [0.2, 0.25) is 0 Å². The highest BCUT2D eigenvalue weighted by Gasteiger charge is 2.23. The van der Waals surface area contributed by atoms with Crippen LogP contribution in [0.3, 0.4) is 0 Å². The second kappa shape index (κ2) is 2.61. The predicted octanol–water partition coefficient (Wildman–Crippen LogP) is -0.0535. The molecule has 0 saturated carbocycles. The van der Waals surface area contributed by atoms with Gasteiger partial charge in [0.25, 0.3) is 5.91 Å². The lowest BCUT2D eigenvalue weighted by Crippen LogP contribution is -2.27. The number of amides is 1. The number of carboxylic acid groups (broad SMARTS) is 1. The molecule has 0 bridgehead atoms. The molecule has 1 N–H and O–H groups in total. The molecule has 0 aliphatic carbocycles. The van der Waals surface area contributed by atoms with Crippen molar-refractivity contribution < 1.29 is 19.1 Å². The average Bonchev–Trinajstić information content (AvgIpc) is 1.94. The quantitative estimate of drug-likeness (QED) is 0.580. The first-order valence-corrected chi connectivity index (χ1v) is 2.79. The number of halogens is 1. The van der Waals surface area contributed by atoms with Gasteiger partial charge in [0.05, 0.1) is 0 Å². The van der Waals surface area contributed by atoms with Crippen LogP contribution >= 0.6 is 0 Å². The van der Waals surface area contributed by atoms with E-state index in [9.17, 15) is 14.0 Å². The molecule has 11 heavy (non-hydrogen) atoms. The van der Waals surface area contributed by atoms with Gasteiger partial charge in [0.2, 0.25) is 0 Å². The number of carboxylic acids is 1. The summed E-state index contributed by atoms with van der Waals surface area (Å²) in [5, 5.41) is 8.27. The van der Waals surface area contributed by atoms with Crippen molar-refractivity contribution >= 4 is 17.6 Å². The average molecular weight is 157 g/mol. The van der Waals surface area contributed by atoms with E-state index in [4.69, 9.17) is 5.11 Å². The molecular formula is C6H4FNO3. The van der Waals surface area contributed by atoms with E-state index in [1.165, 1.54) is 0 Å². The lowest BCUT2D eigenvalue weighted by atomic mass is 10.2. The number of alkyl halides is 1. The number of carbonyl (C=O) groups excluding carboxylic acids is 1. The van der Waals surface area contributed by atoms with Gasteiger partial charge in [-0.05, 0) is 6.08 Å². The lowest BCUT2D eigenvalue weighted by Gasteiger charge is -2.04. The Morgan fingerprint density at radius 1 is 1.73 bits per heavy atom. The lowest BCUT2D eigenvalue weighted by molar-refractivity contribution is -0.130. The van der Waals surface area contributed by atoms with Gasteiger partial charge in [0, 0.05) is 6.08 Å². The van der Waals surface area contributed by atoms with Crippen molar-refractivity contribution in [2.75, 3.05) is 0 Å². The van der Waals surface area contributed by atoms with Gasteiger partial charge in [-0.25, -0.2) is 14.2 Å². The van der Waals surface area contributed by atoms with Crippen LogP contribution in [0, 0.1) is 0 Å². The van der Waals surface area contributed by atoms with E-state index in [-0.39, 0.29) is 0 Å². The van der Waals surface area contributed by atoms with Crippen LogP contribution in [0.5, 0.6) is 0 Å². The molecule has 1 rings (SSSR count). The molecule has 0 aromatic carbocycles. The Morgan fingerprint density at radius 2 is 2.36 bits per heavy atom. The first-order chi connectivity index (χ1) is 5.11. The summed E-state index contributed by atoms with van der Waals surface area (Å²) in [6, 6.07) is 0. The van der Waals surface area contributed by atoms with E-state index in [0.29, 0.717) is 0 Å². The number of dihydropyridines is 1. The first-order valence-electron chi connectivity index (χ1n) is 2.79. The van der Waals surface area contributed by atoms with Gasteiger partial charge < -0.3 is 5.11 Å². The number of aliphatic carboxylic acids is 1. The number of rotatable bonds is 1. The third-order valence-corrected chi connectivity index (χ3v) is 1.12. The highest BCUT2D eigenvalue weighted by Crippen LogP contribution is 2.04. The normalized spacial score (nSPS) is 23.2. The van der Waals surface area contributed by atoms with Crippen LogP contribution < -0.4 is 0 Å². The Labute approximate surface area is 61.0 Å². The smallest absolute Gasteiger partial charge is 0.353 e. The van der Waals surface area contributed by atoms with Crippen molar-refractivity contribution in [3.05, 3.63) is 12.2 Å². The van der Waals surface area contributed by atoms with Crippen LogP contribution in [0.15, 0.2) is 17.1 Å². The van der Waals surface area contributed by atoms with Crippen molar-refractivity contribution in [2.45, 2.75) is 6.17 Å². The Morgan fingerprint density at radius 3 is 2.82 bits per heavy atom. The van der Waals surface area contributed by atoms with Crippen LogP contribution in [0.4, 0.5) is 4.39 Å². The summed E-state index contributed by atoms with van der Waals surface area (Å²) in [5.41, 5.74) is -0.752. The molecule has 0 saturated heterocycles. The summed E-state index contributed by atoms with van der Waals surface area (Å²) in [5.74, 6) is -2.24. The Balaban J connectivity index is 2.93. The fourth-order valence-electron chi connectivity index (χ4n) is 0.641. The summed E-state index contributed by atoms with van der Waals surface area (Å²) in [6.07, 6.45) is -0.0131. The number of hydrogen-bond donors (Lipinski definition) is 1. The minimum absolute atomic E-state index is 0.740. The minimum Gasteiger partial charge on any atom is -0.477 e. The molecular weight excluding hydrogens is 153 g/mol. The van der Waals surface area contributed by atoms with Crippen LogP contribution in [0.25, 0.3) is 0 Å². The van der Waals surface area contributed by atoms with Gasteiger partial charge in [-0.1, -0.05) is 0 Å². The first kappa shape index (κ1) is 7.59. The van der Waals surface area contributed by atoms with E-state index < -0.39 is 23.8 Å². The monoisotopic (exact) mass is 157 g/mol. The van der Waals surface area contributed by atoms with E-state index in [2.05, 4.69) is 4.99 Å². The number of hydrogen-bond acceptors (Lipinski definition) is 2. The molecule has 1 aliphatic heterocycles. The molecule has 1 unspecified atom stereocenters. The Kier molecular flexibility index (Phi) is 1.80. The topological polar surface area (TPSA) is 66.7 Å². The minimum atomic E-state index is -1.77. The third-order valence-electron chi connectivity index (χ3n) is 1.12. The summed E-state index contributed by atoms with van der Waals surface area (Å²) in [4.78, 5) is 23.6. The molecule has 0 spiro atoms. The molecule has 1 aliphatic rings. The van der Waals surface area contributed by atoms with E-state index in [1.54, 1.807) is 0 Å². The van der Waals surface area contributed by atoms with Gasteiger partial charge in [-0.3, -0.25) is 4.79 Å². The molecule has 1 heterocycles. The highest BCUT2D eigenvalue weighted by atomic mass is 19.1. The Bertz CT molecular complexity index is 269. The van der Waals surface area contributed by atoms with Gasteiger partial charge in [-0.2, -0.15) is 0 Å². The van der Waals surface area contributed by atoms with Crippen molar-refractivity contribution in [1.82, 2.24) is 0 Å². The second-order valence-electron chi connectivity index (χ2n) is 1.90. The molecule has 58 valence electrons. The zero-order valence-corrected chi connectivity index (χ0v) is 5.32. The standard InChI is InChI=1S/C6H4FNO3/c7-3-1-2-4(9)8-5(3)6(10)11/h1-3H,(H,10,11). The number of nitrogens with zero attached hydrogens (tertiary/aromatic N) is 1. The number of carbonyl (C=O) groups is 2. The SMILES string of the molecule is O=C1C=CC(F)C(C(=O)O)=N1. The van der Waals surface area contributed by atoms with Crippen molar-refractivity contribution in [3.63, 3.8) is 0 Å². The largest absolute Gasteiger partial charge is 0.477 e. The van der Waals surface area contributed by atoms with Crippen LogP contribution in [0.1, 0.15) is 0 Å². The fourth-order valence-corrected chi connectivity index (χ4v) is 0.641. The summed E-state index contributed by atoms with van der Waals surface area (Å²) in [6.45, 7) is 0. The van der Waals surface area contributed by atoms with E-state index in [1.807, 2.05) is 0 Å². The van der Waals surface area contributed by atoms with Gasteiger partial charge in [0.1, 0.15) is 0 Å². The zero-order valence-electron chi connectivity index (χ0n) is 5.32. The zero-order chi connectivity index (χ0) is 8.43. The summed E-state index contributed by atoms with van der Waals surface area (Å²) in [7, 11) is 0. The molecule has 0 aromatic rings. The molecule has 1 atom stereocenters. The predicted molar refractivity (Wildman–Crippen MR) is 34.1 cm³/mol. The third kappa shape index (κ3) is 1.49. The number of aliphatic imine (C=N–C) groups is 1. The molecule has 1 amide bonds. The van der Waals surface area contributed by atoms with Gasteiger partial charge >= 0.3 is 5.97 Å². The molecule has 5 heteroatoms. The molecule has 4 nitrogen and oxygen atoms in total. The molecule has 0 aromatic heterocycles. The second-order valence-corrected chi connectivity index (χ2v) is 1.90. The van der Waals surface area contributed by atoms with Gasteiger partial charge in [0.15, 0.2) is 11.9 Å². The number of allylic oxidation sites excluding steroid dienone is 1. The van der Waals surface area contributed by atoms with Crippen LogP contribution in [-0.2, 0) is 9.59 Å². The highest BCUT2D eigenvalue weighted by molar-refractivity contribution is 6.40. The van der Waals surface area contributed by atoms with Crippen LogP contribution in [-0.4, -0.2) is 28.9 Å². The molecule has 0 radical (unpaired) electrons. The van der Waals surface area contributed by atoms with Crippen molar-refractivity contribution in [1.29, 1.82) is 0 Å². The molecule has 0 fully saturated rings. The van der Waals surface area contributed by atoms with Crippen molar-refractivity contribution in [2.24, 2.45) is 4.99 Å². The maximum atomic E-state index is 12.5. The van der Waals surface area contributed by atoms with E-state index >= 15 is 0 Å². The Hall–Kier alpha value is -1.52. The summed E-state index contributed by atoms with van der Waals surface area (Å²) >= 11 is 0. The fraction of sp³-hybridized carbons (Fsp3) is 0.167. The summed E-state index contributed by atoms with van der Waals surface area (Å²) < 4.78 is 12.5.